The van der Waals surface area contributed by atoms with Crippen molar-refractivity contribution in [1.82, 2.24) is 35.1 Å². The lowest BCUT2D eigenvalue weighted by Gasteiger charge is -2.07. The number of carbonyl (C=O) groups is 1. The fraction of sp³-hybridized carbons (Fsp3) is 0.0667. The molecule has 3 N–H and O–H groups in total. The topological polar surface area (TPSA) is 125 Å². The predicted molar refractivity (Wildman–Crippen MR) is 157 cm³/mol. The number of aromatic amines is 2. The quantitative estimate of drug-likeness (QED) is 0.231. The van der Waals surface area contributed by atoms with E-state index in [4.69, 9.17) is 9.97 Å². The maximum Gasteiger partial charge on any atom is 0.228 e. The summed E-state index contributed by atoms with van der Waals surface area (Å²) in [5.74, 6) is 0.496. The summed E-state index contributed by atoms with van der Waals surface area (Å²) in [5, 5.41) is 10.5. The lowest BCUT2D eigenvalue weighted by molar-refractivity contribution is -0.115. The van der Waals surface area contributed by atoms with Crippen molar-refractivity contribution in [2.24, 2.45) is 0 Å². The van der Waals surface area contributed by atoms with Gasteiger partial charge in [-0.15, -0.1) is 11.3 Å². The van der Waals surface area contributed by atoms with E-state index in [0.29, 0.717) is 28.4 Å². The number of hydrogen-bond donors (Lipinski definition) is 3. The monoisotopic (exact) mass is 542 g/mol. The molecule has 10 heteroatoms. The molecule has 194 valence electrons. The second-order valence-electron chi connectivity index (χ2n) is 9.42. The van der Waals surface area contributed by atoms with Gasteiger partial charge in [0, 0.05) is 33.3 Å². The third-order valence-corrected chi connectivity index (χ3v) is 7.59. The predicted octanol–water partition coefficient (Wildman–Crippen LogP) is 6.18. The van der Waals surface area contributed by atoms with E-state index in [1.807, 2.05) is 54.7 Å². The van der Waals surface area contributed by atoms with Crippen LogP contribution < -0.4 is 5.32 Å². The largest absolute Gasteiger partial charge is 0.335 e. The minimum atomic E-state index is -0.109. The Morgan fingerprint density at radius 1 is 0.900 bits per heavy atom. The Balaban J connectivity index is 1.21. The van der Waals surface area contributed by atoms with Gasteiger partial charge in [0.05, 0.1) is 41.2 Å². The Bertz CT molecular complexity index is 2010. The Hall–Kier alpha value is -5.22. The van der Waals surface area contributed by atoms with Crippen molar-refractivity contribution in [3.8, 4) is 33.2 Å². The number of aromatic nitrogens is 7. The molecule has 0 aliphatic carbocycles. The number of fused-ring (bicyclic) bond motifs is 2. The number of H-pyrrole nitrogens is 2. The summed E-state index contributed by atoms with van der Waals surface area (Å²) in [5.41, 5.74) is 7.74. The average molecular weight is 543 g/mol. The highest BCUT2D eigenvalue weighted by molar-refractivity contribution is 7.15. The number of hydrogen-bond acceptors (Lipinski definition) is 7. The molecule has 40 heavy (non-hydrogen) atoms. The summed E-state index contributed by atoms with van der Waals surface area (Å²) >= 11 is 1.71. The molecule has 1 aromatic carbocycles. The molecule has 6 heterocycles. The van der Waals surface area contributed by atoms with E-state index in [1.165, 1.54) is 4.88 Å². The normalized spacial score (nSPS) is 11.3. The van der Waals surface area contributed by atoms with Crippen molar-refractivity contribution in [3.05, 3.63) is 95.9 Å². The molecule has 0 saturated carbocycles. The van der Waals surface area contributed by atoms with E-state index in [1.54, 1.807) is 29.9 Å². The van der Waals surface area contributed by atoms with Crippen LogP contribution in [0.1, 0.15) is 10.4 Å². The van der Waals surface area contributed by atoms with Crippen LogP contribution in [0.4, 0.5) is 5.69 Å². The number of benzene rings is 1. The molecule has 9 nitrogen and oxygen atoms in total. The van der Waals surface area contributed by atoms with Gasteiger partial charge in [0.1, 0.15) is 11.0 Å². The molecule has 6 aromatic heterocycles. The molecule has 7 aromatic rings. The zero-order valence-corrected chi connectivity index (χ0v) is 22.2. The van der Waals surface area contributed by atoms with E-state index in [9.17, 15) is 4.79 Å². The molecule has 0 radical (unpaired) electrons. The number of thiophene rings is 1. The number of rotatable bonds is 6. The molecule has 0 spiro atoms. The van der Waals surface area contributed by atoms with Crippen LogP contribution in [-0.2, 0) is 11.2 Å². The van der Waals surface area contributed by atoms with Gasteiger partial charge in [-0.05, 0) is 42.8 Å². The SMILES string of the molecule is Cc1ccc(-c2cncc3[nH]c(-c4n[nH]c5ccc(-c6cncc(NC(=O)Cc7ccccc7)c6)nc45)nc23)s1. The Morgan fingerprint density at radius 2 is 1.77 bits per heavy atom. The lowest BCUT2D eigenvalue weighted by atomic mass is 10.1. The van der Waals surface area contributed by atoms with Crippen molar-refractivity contribution >= 4 is 45.0 Å². The number of carbonyl (C=O) groups excluding carboxylic acids is 1. The van der Waals surface area contributed by atoms with Crippen LogP contribution >= 0.6 is 11.3 Å². The maximum absolute atomic E-state index is 12.6. The number of aryl methyl sites for hydroxylation is 1. The first kappa shape index (κ1) is 23.9. The molecule has 0 fully saturated rings. The number of nitrogens with one attached hydrogen (secondary N) is 3. The molecule has 7 rings (SSSR count). The lowest BCUT2D eigenvalue weighted by Crippen LogP contribution is -2.14. The van der Waals surface area contributed by atoms with Gasteiger partial charge in [-0.2, -0.15) is 5.10 Å². The van der Waals surface area contributed by atoms with Gasteiger partial charge < -0.3 is 10.3 Å². The molecule has 0 unspecified atom stereocenters. The molecule has 0 atom stereocenters. The van der Waals surface area contributed by atoms with E-state index in [0.717, 1.165) is 38.1 Å². The second kappa shape index (κ2) is 9.83. The van der Waals surface area contributed by atoms with Gasteiger partial charge >= 0.3 is 0 Å². The van der Waals surface area contributed by atoms with Gasteiger partial charge in [0.15, 0.2) is 11.5 Å². The fourth-order valence-electron chi connectivity index (χ4n) is 4.66. The summed E-state index contributed by atoms with van der Waals surface area (Å²) < 4.78 is 0. The third-order valence-electron chi connectivity index (χ3n) is 6.56. The van der Waals surface area contributed by atoms with Crippen molar-refractivity contribution in [1.29, 1.82) is 0 Å². The molecular weight excluding hydrogens is 520 g/mol. The fourth-order valence-corrected chi connectivity index (χ4v) is 5.54. The highest BCUT2D eigenvalue weighted by atomic mass is 32.1. The summed E-state index contributed by atoms with van der Waals surface area (Å²) in [6, 6.07) is 19.5. The van der Waals surface area contributed by atoms with E-state index < -0.39 is 0 Å². The van der Waals surface area contributed by atoms with E-state index in [-0.39, 0.29) is 12.3 Å². The van der Waals surface area contributed by atoms with Gasteiger partial charge in [-0.1, -0.05) is 30.3 Å². The third kappa shape index (κ3) is 4.50. The van der Waals surface area contributed by atoms with Crippen molar-refractivity contribution in [3.63, 3.8) is 0 Å². The van der Waals surface area contributed by atoms with Crippen LogP contribution in [0, 0.1) is 6.92 Å². The maximum atomic E-state index is 12.6. The number of nitrogens with zero attached hydrogens (tertiary/aromatic N) is 5. The van der Waals surface area contributed by atoms with Crippen LogP contribution in [0.15, 0.2) is 85.5 Å². The second-order valence-corrected chi connectivity index (χ2v) is 10.7. The summed E-state index contributed by atoms with van der Waals surface area (Å²) in [6.45, 7) is 2.08. The van der Waals surface area contributed by atoms with Crippen LogP contribution in [0.2, 0.25) is 0 Å². The number of imidazole rings is 1. The molecule has 1 amide bonds. The summed E-state index contributed by atoms with van der Waals surface area (Å²) in [4.78, 5) is 36.8. The van der Waals surface area contributed by atoms with Gasteiger partial charge in [-0.3, -0.25) is 19.9 Å². The molecule has 0 aliphatic rings. The smallest absolute Gasteiger partial charge is 0.228 e. The first-order valence-electron chi connectivity index (χ1n) is 12.7. The van der Waals surface area contributed by atoms with E-state index in [2.05, 4.69) is 49.5 Å². The van der Waals surface area contributed by atoms with Crippen molar-refractivity contribution in [2.45, 2.75) is 13.3 Å². The molecule has 0 saturated heterocycles. The first-order valence-corrected chi connectivity index (χ1v) is 13.5. The van der Waals surface area contributed by atoms with E-state index >= 15 is 0 Å². The van der Waals surface area contributed by atoms with Crippen molar-refractivity contribution in [2.75, 3.05) is 5.32 Å². The van der Waals surface area contributed by atoms with Gasteiger partial charge in [0.25, 0.3) is 0 Å². The Labute approximate surface area is 232 Å². The summed E-state index contributed by atoms with van der Waals surface area (Å²) in [6.07, 6.45) is 7.25. The number of anilines is 1. The molecule has 0 bridgehead atoms. The van der Waals surface area contributed by atoms with Crippen LogP contribution in [-0.4, -0.2) is 41.0 Å². The standard InChI is InChI=1S/C30H22N8OS/c1-17-7-10-25(40-17)21-15-32-16-24-27(21)36-30(35-24)29-28-23(37-38-29)9-8-22(34-28)19-12-20(14-31-13-19)33-26(39)11-18-5-3-2-4-6-18/h2-10,12-16H,11H2,1H3,(H,33,39)(H,35,36)(H,37,38). The highest BCUT2D eigenvalue weighted by Crippen LogP contribution is 2.34. The molecular formula is C30H22N8OS. The molecule has 0 aliphatic heterocycles. The summed E-state index contributed by atoms with van der Waals surface area (Å²) in [7, 11) is 0. The number of pyridine rings is 3. The Kier molecular flexibility index (Phi) is 5.86. The first-order chi connectivity index (χ1) is 19.6. The van der Waals surface area contributed by atoms with Crippen molar-refractivity contribution < 1.29 is 4.79 Å². The van der Waals surface area contributed by atoms with Crippen LogP contribution in [0.5, 0.6) is 0 Å². The minimum absolute atomic E-state index is 0.109. The average Bonchev–Trinajstić information content (AvgIpc) is 3.71. The number of amides is 1. The minimum Gasteiger partial charge on any atom is -0.335 e. The highest BCUT2D eigenvalue weighted by Gasteiger charge is 2.18. The Morgan fingerprint density at radius 3 is 2.62 bits per heavy atom. The van der Waals surface area contributed by atoms with Gasteiger partial charge in [-0.25, -0.2) is 9.97 Å². The zero-order valence-electron chi connectivity index (χ0n) is 21.3. The zero-order chi connectivity index (χ0) is 27.1. The van der Waals surface area contributed by atoms with Gasteiger partial charge in [0.2, 0.25) is 5.91 Å². The van der Waals surface area contributed by atoms with Crippen LogP contribution in [0.3, 0.4) is 0 Å². The van der Waals surface area contributed by atoms with Crippen LogP contribution in [0.25, 0.3) is 55.3 Å².